The van der Waals surface area contributed by atoms with Gasteiger partial charge in [0.25, 0.3) is 0 Å². The quantitative estimate of drug-likeness (QED) is 0.421. The van der Waals surface area contributed by atoms with Crippen LogP contribution in [0.1, 0.15) is 19.8 Å². The second-order valence-electron chi connectivity index (χ2n) is 3.60. The van der Waals surface area contributed by atoms with Gasteiger partial charge in [0.15, 0.2) is 0 Å². The zero-order valence-corrected chi connectivity index (χ0v) is 9.81. The van der Waals surface area contributed by atoms with Crippen molar-refractivity contribution in [3.05, 3.63) is 24.5 Å². The first-order chi connectivity index (χ1) is 8.13. The van der Waals surface area contributed by atoms with Crippen molar-refractivity contribution < 1.29 is 23.8 Å². The van der Waals surface area contributed by atoms with Gasteiger partial charge in [0.1, 0.15) is 12.7 Å². The van der Waals surface area contributed by atoms with E-state index < -0.39 is 0 Å². The van der Waals surface area contributed by atoms with Gasteiger partial charge in [-0.05, 0) is 12.8 Å². The van der Waals surface area contributed by atoms with Gasteiger partial charge >= 0.3 is 11.9 Å². The third kappa shape index (κ3) is 5.87. The summed E-state index contributed by atoms with van der Waals surface area (Å²) >= 11 is 0. The van der Waals surface area contributed by atoms with E-state index in [4.69, 9.17) is 9.47 Å². The average Bonchev–Trinajstić information content (AvgIpc) is 2.96. The Morgan fingerprint density at radius 3 is 2.59 bits per heavy atom. The minimum absolute atomic E-state index is 0.160. The smallest absolute Gasteiger partial charge is 0.333 e. The summed E-state index contributed by atoms with van der Waals surface area (Å²) in [5.74, 6) is -0.489. The van der Waals surface area contributed by atoms with Crippen LogP contribution in [0.15, 0.2) is 24.5 Å². The molecule has 0 amide bonds. The number of epoxide rings is 1. The molecule has 1 aliphatic carbocycles. The summed E-state index contributed by atoms with van der Waals surface area (Å²) in [6.07, 6.45) is 5.09. The lowest BCUT2D eigenvalue weighted by Crippen LogP contribution is -2.15. The Morgan fingerprint density at radius 1 is 1.65 bits per heavy atom. The predicted octanol–water partition coefficient (Wildman–Crippen LogP) is 1.34. The third-order valence-electron chi connectivity index (χ3n) is 2.12. The highest BCUT2D eigenvalue weighted by molar-refractivity contribution is 5.89. The molecule has 1 atom stereocenters. The zero-order chi connectivity index (χ0) is 12.7. The van der Waals surface area contributed by atoms with Crippen molar-refractivity contribution >= 4 is 11.9 Å². The lowest BCUT2D eigenvalue weighted by molar-refractivity contribution is -0.140. The molecule has 1 unspecified atom stereocenters. The molecule has 0 saturated carbocycles. The van der Waals surface area contributed by atoms with Crippen LogP contribution in [-0.4, -0.2) is 31.3 Å². The van der Waals surface area contributed by atoms with Crippen LogP contribution >= 0.6 is 0 Å². The highest BCUT2D eigenvalue weighted by atomic mass is 16.6. The molecule has 17 heavy (non-hydrogen) atoms. The molecule has 2 aliphatic rings. The van der Waals surface area contributed by atoms with E-state index in [0.717, 1.165) is 31.3 Å². The first-order valence-corrected chi connectivity index (χ1v) is 5.39. The number of hydrogen-bond acceptors (Lipinski definition) is 5. The van der Waals surface area contributed by atoms with E-state index in [2.05, 4.69) is 11.3 Å². The average molecular weight is 240 g/mol. The largest absolute Gasteiger partial charge is 0.459 e. The van der Waals surface area contributed by atoms with Gasteiger partial charge in [-0.25, -0.2) is 4.79 Å². The number of esters is 2. The third-order valence-corrected chi connectivity index (χ3v) is 2.12. The monoisotopic (exact) mass is 240 g/mol. The fraction of sp³-hybridized carbons (Fsp3) is 0.500. The molecular formula is C12H16O5. The lowest BCUT2D eigenvalue weighted by Gasteiger charge is -2.12. The van der Waals surface area contributed by atoms with Crippen molar-refractivity contribution in [1.29, 1.82) is 0 Å². The van der Waals surface area contributed by atoms with Crippen molar-refractivity contribution in [2.75, 3.05) is 13.2 Å². The number of hydrogen-bond donors (Lipinski definition) is 0. The van der Waals surface area contributed by atoms with Gasteiger partial charge in [-0.2, -0.15) is 0 Å². The van der Waals surface area contributed by atoms with Gasteiger partial charge in [0, 0.05) is 12.5 Å². The summed E-state index contributed by atoms with van der Waals surface area (Å²) in [5, 5.41) is 0. The molecule has 94 valence electrons. The number of allylic oxidation sites excluding steroid dienone is 1. The molecule has 0 radical (unpaired) electrons. The number of rotatable bonds is 4. The van der Waals surface area contributed by atoms with E-state index in [1.54, 1.807) is 0 Å². The van der Waals surface area contributed by atoms with Gasteiger partial charge in [0.2, 0.25) is 0 Å². The molecule has 1 heterocycles. The maximum atomic E-state index is 11.0. The van der Waals surface area contributed by atoms with Crippen molar-refractivity contribution in [1.82, 2.24) is 0 Å². The van der Waals surface area contributed by atoms with Crippen LogP contribution in [0.5, 0.6) is 0 Å². The summed E-state index contributed by atoms with van der Waals surface area (Å²) in [6, 6.07) is 0. The molecular weight excluding hydrogens is 224 g/mol. The molecule has 1 aliphatic heterocycles. The normalized spacial score (nSPS) is 19.8. The standard InChI is InChI=1S/C8H10O3.C4H6O2/c9-8(6-2-1-3-6)11-5-7-4-10-7;1-3-6-4(2)5/h2,7H,1,3-5H2;3H,1H2,2H3. The Hall–Kier alpha value is -1.62. The van der Waals surface area contributed by atoms with Gasteiger partial charge < -0.3 is 14.2 Å². The van der Waals surface area contributed by atoms with Crippen LogP contribution in [0.4, 0.5) is 0 Å². The molecule has 0 aromatic rings. The number of ether oxygens (including phenoxy) is 3. The molecule has 0 aromatic carbocycles. The van der Waals surface area contributed by atoms with E-state index >= 15 is 0 Å². The Labute approximate surface area is 100 Å². The fourth-order valence-electron chi connectivity index (χ4n) is 1.02. The minimum Gasteiger partial charge on any atom is -0.459 e. The second kappa shape index (κ2) is 6.85. The van der Waals surface area contributed by atoms with Crippen molar-refractivity contribution in [2.45, 2.75) is 25.9 Å². The van der Waals surface area contributed by atoms with Crippen molar-refractivity contribution in [3.63, 3.8) is 0 Å². The van der Waals surface area contributed by atoms with Crippen molar-refractivity contribution in [3.8, 4) is 0 Å². The predicted molar refractivity (Wildman–Crippen MR) is 60.0 cm³/mol. The van der Waals surface area contributed by atoms with E-state index in [-0.39, 0.29) is 18.0 Å². The zero-order valence-electron chi connectivity index (χ0n) is 9.81. The Balaban J connectivity index is 0.000000209. The number of carbonyl (C=O) groups excluding carboxylic acids is 2. The molecule has 0 N–H and O–H groups in total. The molecule has 1 fully saturated rings. The first kappa shape index (κ1) is 13.4. The van der Waals surface area contributed by atoms with E-state index in [9.17, 15) is 9.59 Å². The Kier molecular flexibility index (Phi) is 5.42. The lowest BCUT2D eigenvalue weighted by atomic mass is 10.00. The van der Waals surface area contributed by atoms with Gasteiger partial charge in [-0.3, -0.25) is 4.79 Å². The van der Waals surface area contributed by atoms with Crippen LogP contribution in [0, 0.1) is 0 Å². The highest BCUT2D eigenvalue weighted by Crippen LogP contribution is 2.19. The highest BCUT2D eigenvalue weighted by Gasteiger charge is 2.25. The van der Waals surface area contributed by atoms with Gasteiger partial charge in [0.05, 0.1) is 12.9 Å². The summed E-state index contributed by atoms with van der Waals surface area (Å²) in [6.45, 7) is 5.65. The molecule has 5 nitrogen and oxygen atoms in total. The Morgan fingerprint density at radius 2 is 2.29 bits per heavy atom. The van der Waals surface area contributed by atoms with E-state index in [1.807, 2.05) is 6.08 Å². The SMILES string of the molecule is C=COC(C)=O.O=C(OCC1CO1)C1=CCC1. The molecule has 1 saturated heterocycles. The van der Waals surface area contributed by atoms with Crippen LogP contribution in [0.3, 0.4) is 0 Å². The molecule has 0 aromatic heterocycles. The van der Waals surface area contributed by atoms with Crippen LogP contribution in [-0.2, 0) is 23.8 Å². The van der Waals surface area contributed by atoms with E-state index in [1.165, 1.54) is 6.92 Å². The van der Waals surface area contributed by atoms with Crippen LogP contribution < -0.4 is 0 Å². The second-order valence-corrected chi connectivity index (χ2v) is 3.60. The minimum atomic E-state index is -0.329. The van der Waals surface area contributed by atoms with Gasteiger partial charge in [-0.15, -0.1) is 0 Å². The summed E-state index contributed by atoms with van der Waals surface area (Å²) < 4.78 is 14.0. The molecule has 0 spiro atoms. The molecule has 5 heteroatoms. The molecule has 0 bridgehead atoms. The Bertz CT molecular complexity index is 328. The van der Waals surface area contributed by atoms with Crippen LogP contribution in [0.25, 0.3) is 0 Å². The summed E-state index contributed by atoms with van der Waals surface area (Å²) in [7, 11) is 0. The van der Waals surface area contributed by atoms with Crippen LogP contribution in [0.2, 0.25) is 0 Å². The summed E-state index contributed by atoms with van der Waals surface area (Å²) in [4.78, 5) is 20.8. The molecule has 2 rings (SSSR count). The van der Waals surface area contributed by atoms with E-state index in [0.29, 0.717) is 6.61 Å². The topological polar surface area (TPSA) is 65.1 Å². The fourth-order valence-corrected chi connectivity index (χ4v) is 1.02. The first-order valence-electron chi connectivity index (χ1n) is 5.39. The van der Waals surface area contributed by atoms with Gasteiger partial charge in [-0.1, -0.05) is 12.7 Å². The maximum absolute atomic E-state index is 11.0. The summed E-state index contributed by atoms with van der Waals surface area (Å²) in [5.41, 5.74) is 0.825. The van der Waals surface area contributed by atoms with Crippen molar-refractivity contribution in [2.24, 2.45) is 0 Å². The maximum Gasteiger partial charge on any atom is 0.333 e. The number of carbonyl (C=O) groups is 2.